The molecule has 22 nitrogen and oxygen atoms in total. The molecule has 15 aromatic rings. The fraction of sp³-hybridized carbons (Fsp3) is 0.136. The molecule has 0 saturated heterocycles. The fourth-order valence-electron chi connectivity index (χ4n) is 13.3. The van der Waals surface area contributed by atoms with Crippen LogP contribution in [-0.2, 0) is 0 Å². The first-order valence-corrected chi connectivity index (χ1v) is 35.3. The SMILES string of the molecule is [C-]#[N+]c1cnc(C)nc1N[C@@H](C)c1cc2cccc(-c3ccc(C)nc3)c2c(=O)n1-c1ccccc1.[C-]#[N+]c1cnc(C)nc1N[C@@H](C)c1cc2cccc(-c3ccc(N(C)C)cc3)c2c(=O)n1-c1ccccc1.[C-]#[N+]c1cnc(C)nc1N[C@@H](C)c1cc2cccc(-c3cncc(O)c3)c2c(=O)n1-c1ccccc1. The summed E-state index contributed by atoms with van der Waals surface area (Å²) in [5, 5.41) is 24.2. The average molecular weight is 1450 g/mol. The largest absolute Gasteiger partial charge is 0.506 e. The van der Waals surface area contributed by atoms with E-state index in [4.69, 9.17) is 19.7 Å². The number of aryl methyl sites for hydroxylation is 4. The van der Waals surface area contributed by atoms with Crippen LogP contribution >= 0.6 is 0 Å². The van der Waals surface area contributed by atoms with E-state index >= 15 is 0 Å². The van der Waals surface area contributed by atoms with Gasteiger partial charge in [0.15, 0.2) is 0 Å². The summed E-state index contributed by atoms with van der Waals surface area (Å²) in [5.74, 6) is 3.00. The van der Waals surface area contributed by atoms with Crippen LogP contribution in [0.15, 0.2) is 258 Å². The van der Waals surface area contributed by atoms with Crippen LogP contribution in [0, 0.1) is 47.4 Å². The van der Waals surface area contributed by atoms with E-state index in [1.165, 1.54) is 24.8 Å². The molecule has 0 saturated carbocycles. The number of fused-ring (bicyclic) bond motifs is 3. The smallest absolute Gasteiger partial charge is 0.263 e. The predicted octanol–water partition coefficient (Wildman–Crippen LogP) is 18.3. The molecule has 0 aliphatic rings. The Morgan fingerprint density at radius 3 is 1.08 bits per heavy atom. The van der Waals surface area contributed by atoms with Gasteiger partial charge in [-0.1, -0.05) is 127 Å². The van der Waals surface area contributed by atoms with Gasteiger partial charge < -0.3 is 26.0 Å². The number of rotatable bonds is 16. The number of para-hydroxylation sites is 3. The Balaban J connectivity index is 0.000000145. The average Bonchev–Trinajstić information content (AvgIpc) is 0.761. The van der Waals surface area contributed by atoms with E-state index in [1.54, 1.807) is 52.9 Å². The standard InChI is InChI=1S/C31H28N6O.C29H24N6O.C28H22N6O2/c1-20(34-30-27(32-3)19-33-21(2)35-30)28-18-23-10-9-13-26(22-14-16-24(17-15-22)36(4)5)29(23)31(38)37(28)25-11-7-6-8-12-25;1-18-13-14-22(16-31-18)24-12-8-9-21-15-26(19(2)33-28-25(30-4)17-32-20(3)34-28)35(29(36)27(21)24)23-10-6-5-7-11-23;1-17(32-27-24(29-3)16-31-18(2)33-27)25-13-19-8-7-11-23(20-12-22(35)15-30-14-20)26(19)28(36)34(25)21-9-5-4-6-10-21/h6-20H,1-2,4-5H3,(H,33,34,35);5-17,19H,1-3H3,(H,32,33,34);4-17,35H,1-2H3,(H,31,32,33)/t20-;19-;17-/m000/s1. The lowest BCUT2D eigenvalue weighted by Gasteiger charge is -2.22. The molecule has 540 valence electrons. The highest BCUT2D eigenvalue weighted by Crippen LogP contribution is 2.37. The van der Waals surface area contributed by atoms with Crippen LogP contribution in [0.5, 0.6) is 5.75 Å². The van der Waals surface area contributed by atoms with Crippen LogP contribution in [0.3, 0.4) is 0 Å². The maximum Gasteiger partial charge on any atom is 0.263 e. The molecular formula is C88H74N18O4. The van der Waals surface area contributed by atoms with E-state index in [-0.39, 0.29) is 40.6 Å². The van der Waals surface area contributed by atoms with Crippen molar-refractivity contribution < 1.29 is 5.11 Å². The van der Waals surface area contributed by atoms with Gasteiger partial charge in [0.05, 0.1) is 60.2 Å². The summed E-state index contributed by atoms with van der Waals surface area (Å²) < 4.78 is 5.16. The number of aromatic hydroxyl groups is 1. The van der Waals surface area contributed by atoms with Crippen LogP contribution in [0.2, 0.25) is 0 Å². The van der Waals surface area contributed by atoms with Crippen molar-refractivity contribution in [1.82, 2.24) is 53.6 Å². The third-order valence-corrected chi connectivity index (χ3v) is 18.6. The number of anilines is 4. The lowest BCUT2D eigenvalue weighted by molar-refractivity contribution is 0.473. The summed E-state index contributed by atoms with van der Waals surface area (Å²) in [5.41, 5.74) is 11.9. The van der Waals surface area contributed by atoms with Crippen molar-refractivity contribution >= 4 is 72.5 Å². The topological polar surface area (TPSA) is 242 Å². The summed E-state index contributed by atoms with van der Waals surface area (Å²) in [6, 6.07) is 64.8. The number of aromatic nitrogens is 11. The molecule has 0 amide bonds. The minimum Gasteiger partial charge on any atom is -0.506 e. The first-order chi connectivity index (χ1) is 53.3. The van der Waals surface area contributed by atoms with Crippen molar-refractivity contribution in [3.05, 3.63) is 349 Å². The number of nitrogens with one attached hydrogen (secondary N) is 3. The van der Waals surface area contributed by atoms with Crippen molar-refractivity contribution in [3.63, 3.8) is 0 Å². The Kier molecular flexibility index (Phi) is 21.6. The van der Waals surface area contributed by atoms with Crippen molar-refractivity contribution in [1.29, 1.82) is 0 Å². The summed E-state index contributed by atoms with van der Waals surface area (Å²) >= 11 is 0. The molecule has 0 aliphatic carbocycles. The highest BCUT2D eigenvalue weighted by molar-refractivity contribution is 5.99. The Bertz CT molecular complexity index is 6290. The monoisotopic (exact) mass is 1450 g/mol. The van der Waals surface area contributed by atoms with Crippen molar-refractivity contribution in [3.8, 4) is 56.2 Å². The minimum atomic E-state index is -0.372. The molecule has 0 radical (unpaired) electrons. The van der Waals surface area contributed by atoms with Crippen LogP contribution in [-0.4, -0.2) is 72.8 Å². The second-order valence-corrected chi connectivity index (χ2v) is 26.4. The highest BCUT2D eigenvalue weighted by Gasteiger charge is 2.25. The molecule has 0 fully saturated rings. The number of pyridine rings is 5. The molecule has 0 spiro atoms. The van der Waals surface area contributed by atoms with E-state index in [9.17, 15) is 19.5 Å². The van der Waals surface area contributed by atoms with E-state index in [2.05, 4.69) is 99.5 Å². The molecule has 8 aromatic heterocycles. The molecule has 0 unspecified atom stereocenters. The Morgan fingerprint density at radius 1 is 0.391 bits per heavy atom. The van der Waals surface area contributed by atoms with Gasteiger partial charge in [0.1, 0.15) is 40.7 Å². The second-order valence-electron chi connectivity index (χ2n) is 26.4. The molecule has 0 aliphatic heterocycles. The maximum atomic E-state index is 14.3. The van der Waals surface area contributed by atoms with E-state index in [0.717, 1.165) is 72.6 Å². The fourth-order valence-corrected chi connectivity index (χ4v) is 13.3. The van der Waals surface area contributed by atoms with Gasteiger partial charge in [0, 0.05) is 102 Å². The molecule has 0 bridgehead atoms. The lowest BCUT2D eigenvalue weighted by atomic mass is 9.97. The zero-order valence-corrected chi connectivity index (χ0v) is 61.7. The van der Waals surface area contributed by atoms with E-state index in [1.807, 2.05) is 218 Å². The van der Waals surface area contributed by atoms with Gasteiger partial charge in [-0.05, 0) is 166 Å². The van der Waals surface area contributed by atoms with Crippen LogP contribution < -0.4 is 37.5 Å². The lowest BCUT2D eigenvalue weighted by Crippen LogP contribution is -2.26. The van der Waals surface area contributed by atoms with Crippen LogP contribution in [0.1, 0.15) is 79.1 Å². The maximum absolute atomic E-state index is 14.3. The summed E-state index contributed by atoms with van der Waals surface area (Å²) in [7, 11) is 4.01. The van der Waals surface area contributed by atoms with Crippen molar-refractivity contribution in [2.24, 2.45) is 0 Å². The first-order valence-electron chi connectivity index (χ1n) is 35.3. The molecule has 7 aromatic carbocycles. The van der Waals surface area contributed by atoms with Gasteiger partial charge in [-0.25, -0.2) is 29.5 Å². The van der Waals surface area contributed by atoms with Crippen LogP contribution in [0.25, 0.3) is 97.3 Å². The van der Waals surface area contributed by atoms with Gasteiger partial charge in [0.25, 0.3) is 16.7 Å². The molecule has 8 heterocycles. The molecular weight excluding hydrogens is 1370 g/mol. The Morgan fingerprint density at radius 2 is 0.745 bits per heavy atom. The summed E-state index contributed by atoms with van der Waals surface area (Å²) in [6.45, 7) is 35.6. The molecule has 22 heteroatoms. The molecule has 3 atom stereocenters. The number of hydrogen-bond donors (Lipinski definition) is 4. The second kappa shape index (κ2) is 32.3. The third kappa shape index (κ3) is 15.5. The van der Waals surface area contributed by atoms with Gasteiger partial charge >= 0.3 is 0 Å². The van der Waals surface area contributed by atoms with Crippen molar-refractivity contribution in [2.75, 3.05) is 34.9 Å². The third-order valence-electron chi connectivity index (χ3n) is 18.6. The van der Waals surface area contributed by atoms with Gasteiger partial charge in [-0.15, -0.1) is 0 Å². The molecule has 110 heavy (non-hydrogen) atoms. The Hall–Kier alpha value is -14.8. The summed E-state index contributed by atoms with van der Waals surface area (Å²) in [4.78, 5) is 89.5. The van der Waals surface area contributed by atoms with E-state index in [0.29, 0.717) is 90.7 Å². The van der Waals surface area contributed by atoms with Gasteiger partial charge in [0.2, 0.25) is 17.1 Å². The van der Waals surface area contributed by atoms with Gasteiger partial charge in [-0.3, -0.25) is 53.0 Å². The number of nitrogens with zero attached hydrogens (tertiary/aromatic N) is 15. The Labute approximate surface area is 634 Å². The zero-order valence-electron chi connectivity index (χ0n) is 61.7. The molecule has 4 N–H and O–H groups in total. The number of benzene rings is 7. The van der Waals surface area contributed by atoms with Crippen LogP contribution in [0.4, 0.5) is 40.2 Å². The highest BCUT2D eigenvalue weighted by atomic mass is 16.3. The van der Waals surface area contributed by atoms with E-state index < -0.39 is 0 Å². The quantitative estimate of drug-likeness (QED) is 0.0657. The number of hydrogen-bond acceptors (Lipinski definition) is 16. The zero-order chi connectivity index (χ0) is 77.3. The van der Waals surface area contributed by atoms with Crippen molar-refractivity contribution in [2.45, 2.75) is 66.6 Å². The predicted molar refractivity (Wildman–Crippen MR) is 436 cm³/mol. The van der Waals surface area contributed by atoms with Gasteiger partial charge in [-0.2, -0.15) is 0 Å². The summed E-state index contributed by atoms with van der Waals surface area (Å²) in [6.07, 6.45) is 9.30. The minimum absolute atomic E-state index is 0.0260. The first kappa shape index (κ1) is 73.5. The molecule has 15 rings (SSSR count). The normalized spacial score (nSPS) is 11.7.